The minimum absolute atomic E-state index is 0.220. The minimum atomic E-state index is -0.373. The van der Waals surface area contributed by atoms with Crippen LogP contribution >= 0.6 is 27.9 Å². The number of ether oxygens (including phenoxy) is 1. The van der Waals surface area contributed by atoms with Crippen molar-refractivity contribution in [3.8, 4) is 5.75 Å². The van der Waals surface area contributed by atoms with Crippen LogP contribution in [0.1, 0.15) is 34.1 Å². The van der Waals surface area contributed by atoms with E-state index in [-0.39, 0.29) is 11.7 Å². The Kier molecular flexibility index (Phi) is 6.93. The second-order valence-corrected chi connectivity index (χ2v) is 8.84. The van der Waals surface area contributed by atoms with Crippen molar-refractivity contribution in [3.63, 3.8) is 0 Å². The average Bonchev–Trinajstić information content (AvgIpc) is 2.96. The topological polar surface area (TPSA) is 54.7 Å². The van der Waals surface area contributed by atoms with Gasteiger partial charge >= 0.3 is 5.97 Å². The van der Waals surface area contributed by atoms with E-state index in [4.69, 9.17) is 4.74 Å². The maximum absolute atomic E-state index is 13.0. The Bertz CT molecular complexity index is 1030. The molecule has 3 aromatic rings. The zero-order valence-corrected chi connectivity index (χ0v) is 19.4. The molecule has 0 saturated carbocycles. The first kappa shape index (κ1) is 21.7. The monoisotopic (exact) mass is 476 g/mol. The zero-order valence-electron chi connectivity index (χ0n) is 17.0. The van der Waals surface area contributed by atoms with Crippen LogP contribution in [0.4, 0.5) is 0 Å². The van der Waals surface area contributed by atoms with E-state index in [9.17, 15) is 9.90 Å². The van der Waals surface area contributed by atoms with Crippen molar-refractivity contribution in [2.24, 2.45) is 0 Å². The first-order valence-corrected chi connectivity index (χ1v) is 11.1. The van der Waals surface area contributed by atoms with E-state index in [0.29, 0.717) is 24.5 Å². The van der Waals surface area contributed by atoms with E-state index in [1.54, 1.807) is 18.7 Å². The Morgan fingerprint density at radius 3 is 2.59 bits per heavy atom. The van der Waals surface area contributed by atoms with Gasteiger partial charge in [0.05, 0.1) is 39.5 Å². The average molecular weight is 477 g/mol. The highest BCUT2D eigenvalue weighted by molar-refractivity contribution is 9.08. The molecule has 0 spiro atoms. The third-order valence-corrected chi connectivity index (χ3v) is 6.46. The summed E-state index contributed by atoms with van der Waals surface area (Å²) >= 11 is 5.30. The van der Waals surface area contributed by atoms with E-state index in [1.165, 1.54) is 0 Å². The van der Waals surface area contributed by atoms with E-state index in [2.05, 4.69) is 16.1 Å². The van der Waals surface area contributed by atoms with Crippen LogP contribution in [-0.2, 0) is 17.0 Å². The zero-order chi connectivity index (χ0) is 21.1. The fourth-order valence-corrected chi connectivity index (χ4v) is 5.04. The van der Waals surface area contributed by atoms with Gasteiger partial charge in [0.25, 0.3) is 0 Å². The molecule has 7 heteroatoms. The SMILES string of the molecule is CCOC(=O)c1c(CSc2ccccc2)n(Br)c2cc(C)c(O)c(CN(C)C)c12. The predicted molar refractivity (Wildman–Crippen MR) is 122 cm³/mol. The second-order valence-electron chi connectivity index (χ2n) is 7.08. The molecule has 0 amide bonds. The summed E-state index contributed by atoms with van der Waals surface area (Å²) in [6.45, 7) is 4.47. The molecule has 0 saturated heterocycles. The molecule has 154 valence electrons. The van der Waals surface area contributed by atoms with Gasteiger partial charge in [0.2, 0.25) is 0 Å². The molecule has 1 aromatic heterocycles. The van der Waals surface area contributed by atoms with E-state index in [0.717, 1.165) is 32.6 Å². The van der Waals surface area contributed by atoms with Crippen LogP contribution in [0, 0.1) is 6.92 Å². The number of aryl methyl sites for hydroxylation is 1. The standard InChI is InChI=1S/C22H25BrN2O3S/c1-5-28-22(27)20-18(13-29-15-9-7-6-8-10-15)25(23)17-11-14(2)21(26)16(19(17)20)12-24(3)4/h6-11,26H,5,12-13H2,1-4H3. The van der Waals surface area contributed by atoms with Crippen LogP contribution in [-0.4, -0.2) is 40.3 Å². The number of hydrogen-bond acceptors (Lipinski definition) is 5. The Labute approximate surface area is 184 Å². The van der Waals surface area contributed by atoms with Crippen LogP contribution in [0.2, 0.25) is 0 Å². The number of aromatic hydroxyl groups is 1. The van der Waals surface area contributed by atoms with Gasteiger partial charge in [0.1, 0.15) is 5.75 Å². The van der Waals surface area contributed by atoms with Crippen molar-refractivity contribution in [2.45, 2.75) is 31.0 Å². The van der Waals surface area contributed by atoms with Gasteiger partial charge in [0.15, 0.2) is 0 Å². The Morgan fingerprint density at radius 2 is 1.97 bits per heavy atom. The van der Waals surface area contributed by atoms with Crippen LogP contribution in [0.25, 0.3) is 10.9 Å². The molecule has 1 heterocycles. The summed E-state index contributed by atoms with van der Waals surface area (Å²) in [4.78, 5) is 16.1. The van der Waals surface area contributed by atoms with Gasteiger partial charge in [-0.3, -0.25) is 3.59 Å². The number of carbonyl (C=O) groups excluding carboxylic acids is 1. The largest absolute Gasteiger partial charge is 0.507 e. The molecule has 0 radical (unpaired) electrons. The maximum atomic E-state index is 13.0. The number of carbonyl (C=O) groups is 1. The van der Waals surface area contributed by atoms with Crippen LogP contribution in [0.5, 0.6) is 5.75 Å². The number of thioether (sulfide) groups is 1. The highest BCUT2D eigenvalue weighted by Crippen LogP contribution is 2.40. The molecular formula is C22H25BrN2O3S. The fraction of sp³-hybridized carbons (Fsp3) is 0.318. The summed E-state index contributed by atoms with van der Waals surface area (Å²) in [6, 6.07) is 12.0. The number of benzene rings is 2. The Balaban J connectivity index is 2.22. The quantitative estimate of drug-likeness (QED) is 0.368. The molecule has 0 aliphatic rings. The van der Waals surface area contributed by atoms with Gasteiger partial charge in [-0.15, -0.1) is 11.8 Å². The Hall–Kier alpha value is -1.96. The molecular weight excluding hydrogens is 452 g/mol. The summed E-state index contributed by atoms with van der Waals surface area (Å²) in [5, 5.41) is 11.5. The van der Waals surface area contributed by atoms with Crippen molar-refractivity contribution in [1.29, 1.82) is 0 Å². The predicted octanol–water partition coefficient (Wildman–Crippen LogP) is 5.34. The molecule has 0 aliphatic carbocycles. The lowest BCUT2D eigenvalue weighted by Gasteiger charge is -2.15. The van der Waals surface area contributed by atoms with E-state index >= 15 is 0 Å². The summed E-state index contributed by atoms with van der Waals surface area (Å²) in [6.07, 6.45) is 0. The van der Waals surface area contributed by atoms with Crippen LogP contribution in [0.15, 0.2) is 41.3 Å². The number of aromatic nitrogens is 1. The van der Waals surface area contributed by atoms with Crippen LogP contribution < -0.4 is 0 Å². The highest BCUT2D eigenvalue weighted by Gasteiger charge is 2.27. The van der Waals surface area contributed by atoms with Gasteiger partial charge in [-0.1, -0.05) is 18.2 Å². The molecule has 0 fully saturated rings. The minimum Gasteiger partial charge on any atom is -0.507 e. The molecule has 3 rings (SSSR count). The van der Waals surface area contributed by atoms with Crippen LogP contribution in [0.3, 0.4) is 0 Å². The third-order valence-electron chi connectivity index (χ3n) is 4.63. The van der Waals surface area contributed by atoms with Crippen molar-refractivity contribution in [2.75, 3.05) is 20.7 Å². The van der Waals surface area contributed by atoms with E-state index in [1.807, 2.05) is 65.9 Å². The summed E-state index contributed by atoms with van der Waals surface area (Å²) in [5.74, 6) is 0.430. The lowest BCUT2D eigenvalue weighted by molar-refractivity contribution is 0.0527. The van der Waals surface area contributed by atoms with Gasteiger partial charge in [-0.25, -0.2) is 4.79 Å². The number of fused-ring (bicyclic) bond motifs is 1. The van der Waals surface area contributed by atoms with E-state index < -0.39 is 0 Å². The number of rotatable bonds is 7. The Morgan fingerprint density at radius 1 is 1.28 bits per heavy atom. The smallest absolute Gasteiger partial charge is 0.340 e. The molecule has 0 bridgehead atoms. The third kappa shape index (κ3) is 4.47. The molecule has 0 unspecified atom stereocenters. The number of hydrogen-bond donors (Lipinski definition) is 1. The first-order chi connectivity index (χ1) is 13.8. The molecule has 1 N–H and O–H groups in total. The maximum Gasteiger partial charge on any atom is 0.340 e. The number of halogens is 1. The lowest BCUT2D eigenvalue weighted by atomic mass is 10.0. The lowest BCUT2D eigenvalue weighted by Crippen LogP contribution is -2.13. The molecule has 5 nitrogen and oxygen atoms in total. The number of nitrogens with zero attached hydrogens (tertiary/aromatic N) is 2. The molecule has 0 atom stereocenters. The van der Waals surface area contributed by atoms with Gasteiger partial charge in [-0.05, 0) is 51.7 Å². The second kappa shape index (κ2) is 9.24. The number of phenols is 1. The fourth-order valence-electron chi connectivity index (χ4n) is 3.37. The molecule has 29 heavy (non-hydrogen) atoms. The van der Waals surface area contributed by atoms with Gasteiger partial charge in [0, 0.05) is 28.1 Å². The normalized spacial score (nSPS) is 11.4. The van der Waals surface area contributed by atoms with Crippen molar-refractivity contribution in [1.82, 2.24) is 8.49 Å². The first-order valence-electron chi connectivity index (χ1n) is 9.39. The summed E-state index contributed by atoms with van der Waals surface area (Å²) in [7, 11) is 3.88. The van der Waals surface area contributed by atoms with Crippen molar-refractivity contribution in [3.05, 3.63) is 58.8 Å². The van der Waals surface area contributed by atoms with Gasteiger partial charge < -0.3 is 14.7 Å². The number of esters is 1. The summed E-state index contributed by atoms with van der Waals surface area (Å²) < 4.78 is 7.27. The van der Waals surface area contributed by atoms with Gasteiger partial charge in [-0.2, -0.15) is 0 Å². The molecule has 0 aliphatic heterocycles. The highest BCUT2D eigenvalue weighted by atomic mass is 79.9. The van der Waals surface area contributed by atoms with Crippen molar-refractivity contribution >= 4 is 44.8 Å². The van der Waals surface area contributed by atoms with Crippen molar-refractivity contribution < 1.29 is 14.6 Å². The summed E-state index contributed by atoms with van der Waals surface area (Å²) in [5.41, 5.74) is 3.68. The molecule has 2 aromatic carbocycles. The number of phenolic OH excluding ortho intramolecular Hbond substituents is 1.